The molecule has 0 fully saturated rings. The Morgan fingerprint density at radius 2 is 2.28 bits per heavy atom. The average Bonchev–Trinajstić information content (AvgIpc) is 2.38. The van der Waals surface area contributed by atoms with Crippen LogP contribution in [0.2, 0.25) is 0 Å². The van der Waals surface area contributed by atoms with Gasteiger partial charge in [0.1, 0.15) is 6.07 Å². The number of carbonyl (C=O) groups excluding carboxylic acids is 1. The highest BCUT2D eigenvalue weighted by Crippen LogP contribution is 2.20. The number of benzene rings is 1. The van der Waals surface area contributed by atoms with Crippen molar-refractivity contribution in [3.8, 4) is 6.07 Å². The molecule has 1 amide bonds. The molecule has 0 heterocycles. The molecule has 1 rings (SSSR count). The lowest BCUT2D eigenvalue weighted by molar-refractivity contribution is -0.118. The zero-order chi connectivity index (χ0) is 13.7. The first kappa shape index (κ1) is 14.7. The third-order valence-corrected chi connectivity index (χ3v) is 3.41. The summed E-state index contributed by atoms with van der Waals surface area (Å²) < 4.78 is 0.795. The number of anilines is 1. The van der Waals surface area contributed by atoms with Gasteiger partial charge in [0.2, 0.25) is 5.91 Å². The molecular formula is C13H16BrN3O. The second-order valence-electron chi connectivity index (χ2n) is 4.20. The van der Waals surface area contributed by atoms with Gasteiger partial charge >= 0.3 is 0 Å². The van der Waals surface area contributed by atoms with Crippen LogP contribution in [0.4, 0.5) is 5.69 Å². The lowest BCUT2D eigenvalue weighted by Crippen LogP contribution is -2.40. The molecule has 0 aliphatic heterocycles. The van der Waals surface area contributed by atoms with Crippen molar-refractivity contribution in [1.29, 1.82) is 5.26 Å². The van der Waals surface area contributed by atoms with Gasteiger partial charge in [-0.1, -0.05) is 36.2 Å². The summed E-state index contributed by atoms with van der Waals surface area (Å²) in [4.78, 5) is 11.9. The van der Waals surface area contributed by atoms with Gasteiger partial charge < -0.3 is 11.1 Å². The zero-order valence-electron chi connectivity index (χ0n) is 10.4. The monoisotopic (exact) mass is 309 g/mol. The van der Waals surface area contributed by atoms with E-state index in [1.807, 2.05) is 19.9 Å². The maximum atomic E-state index is 11.9. The molecule has 4 nitrogen and oxygen atoms in total. The van der Waals surface area contributed by atoms with Crippen molar-refractivity contribution in [2.75, 3.05) is 5.32 Å². The fourth-order valence-electron chi connectivity index (χ4n) is 1.45. The number of nitrogens with one attached hydrogen (secondary N) is 1. The van der Waals surface area contributed by atoms with Crippen molar-refractivity contribution in [2.45, 2.75) is 26.3 Å². The van der Waals surface area contributed by atoms with Gasteiger partial charge in [0.25, 0.3) is 0 Å². The molecule has 0 aliphatic rings. The Bertz CT molecular complexity index is 482. The molecule has 2 atom stereocenters. The number of rotatable bonds is 4. The fraction of sp³-hybridized carbons (Fsp3) is 0.385. The van der Waals surface area contributed by atoms with Gasteiger partial charge in [0.05, 0.1) is 17.3 Å². The van der Waals surface area contributed by atoms with E-state index in [0.29, 0.717) is 11.3 Å². The molecule has 0 saturated carbocycles. The summed E-state index contributed by atoms with van der Waals surface area (Å²) >= 11 is 3.28. The van der Waals surface area contributed by atoms with Crippen LogP contribution in [0.5, 0.6) is 0 Å². The van der Waals surface area contributed by atoms with E-state index in [1.165, 1.54) is 0 Å². The Labute approximate surface area is 115 Å². The van der Waals surface area contributed by atoms with Crippen LogP contribution >= 0.6 is 15.9 Å². The van der Waals surface area contributed by atoms with Crippen LogP contribution in [-0.4, -0.2) is 11.9 Å². The predicted octanol–water partition coefficient (Wildman–Crippen LogP) is 2.63. The molecule has 0 aliphatic carbocycles. The van der Waals surface area contributed by atoms with Crippen LogP contribution in [0.1, 0.15) is 25.8 Å². The van der Waals surface area contributed by atoms with Crippen molar-refractivity contribution in [3.05, 3.63) is 28.2 Å². The Morgan fingerprint density at radius 3 is 2.83 bits per heavy atom. The predicted molar refractivity (Wildman–Crippen MR) is 74.9 cm³/mol. The van der Waals surface area contributed by atoms with Gasteiger partial charge in [0, 0.05) is 4.47 Å². The number of halogens is 1. The number of amides is 1. The van der Waals surface area contributed by atoms with Gasteiger partial charge in [-0.25, -0.2) is 0 Å². The smallest absolute Gasteiger partial charge is 0.241 e. The second kappa shape index (κ2) is 6.53. The van der Waals surface area contributed by atoms with E-state index in [-0.39, 0.29) is 11.8 Å². The minimum Gasteiger partial charge on any atom is -0.324 e. The molecule has 0 bridgehead atoms. The number of nitrogens with zero attached hydrogens (tertiary/aromatic N) is 1. The number of nitriles is 1. The molecule has 1 aromatic carbocycles. The van der Waals surface area contributed by atoms with E-state index < -0.39 is 6.04 Å². The number of hydrogen-bond donors (Lipinski definition) is 2. The molecule has 3 N–H and O–H groups in total. The number of nitrogens with two attached hydrogens (primary N) is 1. The van der Waals surface area contributed by atoms with Gasteiger partial charge in [-0.05, 0) is 24.1 Å². The standard InChI is InChI=1S/C13H16BrN3O/c1-3-8(2)12(16)13(18)17-11-5-4-10(14)6-9(11)7-15/h4-6,8,12H,3,16H2,1-2H3,(H,17,18)/t8?,12-/m0/s1. The zero-order valence-corrected chi connectivity index (χ0v) is 12.0. The molecule has 5 heteroatoms. The Balaban J connectivity index is 2.86. The molecule has 1 aromatic rings. The van der Waals surface area contributed by atoms with Crippen molar-refractivity contribution in [2.24, 2.45) is 11.7 Å². The first-order valence-corrected chi connectivity index (χ1v) is 6.55. The van der Waals surface area contributed by atoms with Gasteiger partial charge in [-0.3, -0.25) is 4.79 Å². The first-order chi connectivity index (χ1) is 8.49. The van der Waals surface area contributed by atoms with Crippen LogP contribution in [0.25, 0.3) is 0 Å². The van der Waals surface area contributed by atoms with Gasteiger partial charge in [-0.15, -0.1) is 0 Å². The highest BCUT2D eigenvalue weighted by molar-refractivity contribution is 9.10. The van der Waals surface area contributed by atoms with E-state index in [2.05, 4.69) is 21.2 Å². The van der Waals surface area contributed by atoms with Crippen molar-refractivity contribution >= 4 is 27.5 Å². The van der Waals surface area contributed by atoms with E-state index in [4.69, 9.17) is 11.0 Å². The summed E-state index contributed by atoms with van der Waals surface area (Å²) in [5, 5.41) is 11.7. The summed E-state index contributed by atoms with van der Waals surface area (Å²) in [6, 6.07) is 6.58. The van der Waals surface area contributed by atoms with Crippen LogP contribution in [0, 0.1) is 17.2 Å². The molecule has 0 aromatic heterocycles. The van der Waals surface area contributed by atoms with E-state index in [9.17, 15) is 4.79 Å². The van der Waals surface area contributed by atoms with Crippen LogP contribution < -0.4 is 11.1 Å². The molecule has 18 heavy (non-hydrogen) atoms. The maximum Gasteiger partial charge on any atom is 0.241 e. The Hall–Kier alpha value is -1.38. The number of hydrogen-bond acceptors (Lipinski definition) is 3. The average molecular weight is 310 g/mol. The Kier molecular flexibility index (Phi) is 5.32. The molecule has 0 radical (unpaired) electrons. The summed E-state index contributed by atoms with van der Waals surface area (Å²) in [6.45, 7) is 3.91. The summed E-state index contributed by atoms with van der Waals surface area (Å²) in [5.74, 6) is -0.158. The van der Waals surface area contributed by atoms with E-state index >= 15 is 0 Å². The lowest BCUT2D eigenvalue weighted by atomic mass is 9.99. The summed E-state index contributed by atoms with van der Waals surface area (Å²) in [7, 11) is 0. The van der Waals surface area contributed by atoms with Crippen molar-refractivity contribution in [1.82, 2.24) is 0 Å². The quantitative estimate of drug-likeness (QED) is 0.897. The SMILES string of the molecule is CCC(C)[C@H](N)C(=O)Nc1ccc(Br)cc1C#N. The van der Waals surface area contributed by atoms with E-state index in [1.54, 1.807) is 18.2 Å². The topological polar surface area (TPSA) is 78.9 Å². The van der Waals surface area contributed by atoms with Gasteiger partial charge in [0.15, 0.2) is 0 Å². The maximum absolute atomic E-state index is 11.9. The third-order valence-electron chi connectivity index (χ3n) is 2.92. The minimum atomic E-state index is -0.565. The third kappa shape index (κ3) is 3.56. The molecular weight excluding hydrogens is 294 g/mol. The first-order valence-electron chi connectivity index (χ1n) is 5.75. The lowest BCUT2D eigenvalue weighted by Gasteiger charge is -2.18. The highest BCUT2D eigenvalue weighted by atomic mass is 79.9. The second-order valence-corrected chi connectivity index (χ2v) is 5.12. The summed E-state index contributed by atoms with van der Waals surface area (Å²) in [6.07, 6.45) is 0.833. The highest BCUT2D eigenvalue weighted by Gasteiger charge is 2.20. The van der Waals surface area contributed by atoms with Crippen LogP contribution in [-0.2, 0) is 4.79 Å². The molecule has 0 spiro atoms. The number of carbonyl (C=O) groups is 1. The normalized spacial score (nSPS) is 13.5. The minimum absolute atomic E-state index is 0.103. The van der Waals surface area contributed by atoms with Gasteiger partial charge in [-0.2, -0.15) is 5.26 Å². The molecule has 0 saturated heterocycles. The Morgan fingerprint density at radius 1 is 1.61 bits per heavy atom. The van der Waals surface area contributed by atoms with Crippen molar-refractivity contribution < 1.29 is 4.79 Å². The fourth-order valence-corrected chi connectivity index (χ4v) is 1.81. The molecule has 96 valence electrons. The summed E-state index contributed by atoms with van der Waals surface area (Å²) in [5.41, 5.74) is 6.74. The van der Waals surface area contributed by atoms with Crippen molar-refractivity contribution in [3.63, 3.8) is 0 Å². The van der Waals surface area contributed by atoms with Crippen LogP contribution in [0.15, 0.2) is 22.7 Å². The molecule has 1 unspecified atom stereocenters. The van der Waals surface area contributed by atoms with Crippen LogP contribution in [0.3, 0.4) is 0 Å². The van der Waals surface area contributed by atoms with E-state index in [0.717, 1.165) is 10.9 Å². The largest absolute Gasteiger partial charge is 0.324 e.